The summed E-state index contributed by atoms with van der Waals surface area (Å²) in [5.74, 6) is 1.20. The molecule has 3 N–H and O–H groups in total. The maximum atomic E-state index is 12.2. The van der Waals surface area contributed by atoms with E-state index in [4.69, 9.17) is 5.73 Å². The maximum absolute atomic E-state index is 12.2. The van der Waals surface area contributed by atoms with E-state index in [1.54, 1.807) is 0 Å². The van der Waals surface area contributed by atoms with Crippen molar-refractivity contribution in [2.24, 2.45) is 17.6 Å². The monoisotopic (exact) mass is 389 g/mol. The summed E-state index contributed by atoms with van der Waals surface area (Å²) in [6.07, 6.45) is 3.50. The summed E-state index contributed by atoms with van der Waals surface area (Å²) >= 11 is 0. The zero-order chi connectivity index (χ0) is 16.7. The lowest BCUT2D eigenvalue weighted by atomic mass is 9.89. The lowest BCUT2D eigenvalue weighted by Crippen LogP contribution is -2.49. The van der Waals surface area contributed by atoms with Crippen molar-refractivity contribution < 1.29 is 4.79 Å². The molecule has 1 aromatic carbocycles. The van der Waals surface area contributed by atoms with Crippen molar-refractivity contribution in [1.82, 2.24) is 10.2 Å². The first-order chi connectivity index (χ1) is 11.1. The van der Waals surface area contributed by atoms with Crippen LogP contribution in [0.4, 0.5) is 0 Å². The van der Waals surface area contributed by atoms with Crippen molar-refractivity contribution >= 4 is 30.7 Å². The molecule has 1 aliphatic heterocycles. The number of halogens is 2. The van der Waals surface area contributed by atoms with Crippen LogP contribution in [0, 0.1) is 11.8 Å². The third-order valence-corrected chi connectivity index (χ3v) is 4.97. The number of piperidine rings is 1. The molecule has 1 aromatic rings. The van der Waals surface area contributed by atoms with Crippen LogP contribution in [0.15, 0.2) is 30.3 Å². The Balaban J connectivity index is 0.00000288. The number of rotatable bonds is 7. The van der Waals surface area contributed by atoms with Crippen molar-refractivity contribution in [1.29, 1.82) is 0 Å². The average Bonchev–Trinajstić information content (AvgIpc) is 2.60. The van der Waals surface area contributed by atoms with Crippen LogP contribution in [0.25, 0.3) is 0 Å². The first kappa shape index (κ1) is 24.2. The fraction of sp³-hybridized carbons (Fsp3) is 0.632. The first-order valence-corrected chi connectivity index (χ1v) is 8.86. The third-order valence-electron chi connectivity index (χ3n) is 4.97. The van der Waals surface area contributed by atoms with Gasteiger partial charge in [0.1, 0.15) is 0 Å². The predicted molar refractivity (Wildman–Crippen MR) is 110 cm³/mol. The minimum atomic E-state index is -0.0438. The van der Waals surface area contributed by atoms with Crippen LogP contribution in [0.2, 0.25) is 0 Å². The highest BCUT2D eigenvalue weighted by Gasteiger charge is 2.26. The number of hydrogen-bond acceptors (Lipinski definition) is 3. The molecular formula is C19H33Cl2N3O. The molecule has 0 saturated carbocycles. The molecule has 0 aromatic heterocycles. The lowest BCUT2D eigenvalue weighted by Gasteiger charge is -2.35. The smallest absolute Gasteiger partial charge is 0.237 e. The highest BCUT2D eigenvalue weighted by molar-refractivity contribution is 5.85. The summed E-state index contributed by atoms with van der Waals surface area (Å²) in [4.78, 5) is 14.6. The second-order valence-electron chi connectivity index (χ2n) is 6.93. The van der Waals surface area contributed by atoms with Gasteiger partial charge < -0.3 is 11.1 Å². The fourth-order valence-corrected chi connectivity index (χ4v) is 3.16. The number of nitrogens with zero attached hydrogens (tertiary/aromatic N) is 1. The number of carbonyl (C=O) groups excluding carboxylic acids is 1. The number of likely N-dealkylation sites (tertiary alicyclic amines) is 1. The standard InChI is InChI=1S/C19H31N3O.2ClH/c1-15(13-20)14-21-19(23)16(2)22-10-8-18(9-11-22)12-17-6-4-3-5-7-17;;/h3-7,15-16,18H,8-14,20H2,1-2H3,(H,21,23);2*1H. The molecule has 2 unspecified atom stereocenters. The number of benzene rings is 1. The van der Waals surface area contributed by atoms with E-state index in [9.17, 15) is 4.79 Å². The van der Waals surface area contributed by atoms with Crippen molar-refractivity contribution in [2.45, 2.75) is 39.2 Å². The zero-order valence-electron chi connectivity index (χ0n) is 15.3. The number of amides is 1. The number of nitrogens with one attached hydrogen (secondary N) is 1. The van der Waals surface area contributed by atoms with Gasteiger partial charge in [-0.05, 0) is 63.2 Å². The Bertz CT molecular complexity index is 479. The zero-order valence-corrected chi connectivity index (χ0v) is 17.0. The summed E-state index contributed by atoms with van der Waals surface area (Å²) in [5, 5.41) is 3.02. The topological polar surface area (TPSA) is 58.4 Å². The highest BCUT2D eigenvalue weighted by Crippen LogP contribution is 2.22. The molecule has 0 radical (unpaired) electrons. The van der Waals surface area contributed by atoms with Gasteiger partial charge in [-0.15, -0.1) is 24.8 Å². The molecule has 144 valence electrons. The van der Waals surface area contributed by atoms with Gasteiger partial charge in [0.25, 0.3) is 0 Å². The van der Waals surface area contributed by atoms with Gasteiger partial charge in [-0.3, -0.25) is 9.69 Å². The summed E-state index contributed by atoms with van der Waals surface area (Å²) in [7, 11) is 0. The van der Waals surface area contributed by atoms with Gasteiger partial charge in [0.2, 0.25) is 5.91 Å². The van der Waals surface area contributed by atoms with Crippen LogP contribution in [0.5, 0.6) is 0 Å². The first-order valence-electron chi connectivity index (χ1n) is 8.86. The van der Waals surface area contributed by atoms with Crippen molar-refractivity contribution in [3.63, 3.8) is 0 Å². The van der Waals surface area contributed by atoms with Gasteiger partial charge in [-0.1, -0.05) is 37.3 Å². The summed E-state index contributed by atoms with van der Waals surface area (Å²) < 4.78 is 0. The van der Waals surface area contributed by atoms with Crippen LogP contribution < -0.4 is 11.1 Å². The molecular weight excluding hydrogens is 357 g/mol. The van der Waals surface area contributed by atoms with E-state index in [1.807, 2.05) is 6.92 Å². The van der Waals surface area contributed by atoms with Gasteiger partial charge in [0.15, 0.2) is 0 Å². The molecule has 1 saturated heterocycles. The summed E-state index contributed by atoms with van der Waals surface area (Å²) in [6, 6.07) is 10.7. The minimum absolute atomic E-state index is 0. The van der Waals surface area contributed by atoms with E-state index >= 15 is 0 Å². The van der Waals surface area contributed by atoms with Crippen molar-refractivity contribution in [3.8, 4) is 0 Å². The van der Waals surface area contributed by atoms with E-state index < -0.39 is 0 Å². The molecule has 0 spiro atoms. The quantitative estimate of drug-likeness (QED) is 0.753. The molecule has 6 heteroatoms. The Labute approximate surface area is 164 Å². The second-order valence-corrected chi connectivity index (χ2v) is 6.93. The Morgan fingerprint density at radius 1 is 1.20 bits per heavy atom. The van der Waals surface area contributed by atoms with Gasteiger partial charge in [0, 0.05) is 6.54 Å². The van der Waals surface area contributed by atoms with Gasteiger partial charge in [0.05, 0.1) is 6.04 Å². The van der Waals surface area contributed by atoms with Crippen LogP contribution in [0.1, 0.15) is 32.3 Å². The maximum Gasteiger partial charge on any atom is 0.237 e. The molecule has 0 bridgehead atoms. The van der Waals surface area contributed by atoms with Crippen LogP contribution >= 0.6 is 24.8 Å². The van der Waals surface area contributed by atoms with Gasteiger partial charge in [-0.2, -0.15) is 0 Å². The van der Waals surface area contributed by atoms with E-state index in [1.165, 1.54) is 18.4 Å². The normalized spacial score (nSPS) is 17.7. The highest BCUT2D eigenvalue weighted by atomic mass is 35.5. The molecule has 1 aliphatic rings. The SMILES string of the molecule is CC(CN)CNC(=O)C(C)N1CCC(Cc2ccccc2)CC1.Cl.Cl. The Morgan fingerprint density at radius 2 is 1.80 bits per heavy atom. The van der Waals surface area contributed by atoms with E-state index in [-0.39, 0.29) is 36.8 Å². The second kappa shape index (κ2) is 12.5. The average molecular weight is 390 g/mol. The molecule has 1 fully saturated rings. The largest absolute Gasteiger partial charge is 0.354 e. The molecule has 2 rings (SSSR count). The van der Waals surface area contributed by atoms with Gasteiger partial charge in [-0.25, -0.2) is 0 Å². The molecule has 0 aliphatic carbocycles. The van der Waals surface area contributed by atoms with Crippen molar-refractivity contribution in [3.05, 3.63) is 35.9 Å². The van der Waals surface area contributed by atoms with Crippen molar-refractivity contribution in [2.75, 3.05) is 26.2 Å². The molecule has 1 heterocycles. The number of hydrogen-bond donors (Lipinski definition) is 2. The Hall–Kier alpha value is -0.810. The van der Waals surface area contributed by atoms with Gasteiger partial charge >= 0.3 is 0 Å². The summed E-state index contributed by atoms with van der Waals surface area (Å²) in [6.45, 7) is 7.38. The lowest BCUT2D eigenvalue weighted by molar-refractivity contribution is -0.126. The summed E-state index contributed by atoms with van der Waals surface area (Å²) in [5.41, 5.74) is 7.02. The molecule has 2 atom stereocenters. The fourth-order valence-electron chi connectivity index (χ4n) is 3.16. The third kappa shape index (κ3) is 7.95. The molecule has 25 heavy (non-hydrogen) atoms. The Morgan fingerprint density at radius 3 is 2.36 bits per heavy atom. The molecule has 1 amide bonds. The molecule has 4 nitrogen and oxygen atoms in total. The van der Waals surface area contributed by atoms with Crippen LogP contribution in [-0.4, -0.2) is 43.0 Å². The van der Waals surface area contributed by atoms with E-state index in [0.717, 1.165) is 25.4 Å². The van der Waals surface area contributed by atoms with Crippen LogP contribution in [0.3, 0.4) is 0 Å². The predicted octanol–water partition coefficient (Wildman–Crippen LogP) is 2.88. The van der Waals surface area contributed by atoms with E-state index in [2.05, 4.69) is 47.5 Å². The minimum Gasteiger partial charge on any atom is -0.354 e. The van der Waals surface area contributed by atoms with Crippen LogP contribution in [-0.2, 0) is 11.2 Å². The number of nitrogens with two attached hydrogens (primary N) is 1. The number of carbonyl (C=O) groups is 1. The van der Waals surface area contributed by atoms with E-state index in [0.29, 0.717) is 19.0 Å². The Kier molecular flexibility index (Phi) is 12.1.